The molecule has 82 valence electrons. The Bertz CT molecular complexity index is 556. The topological polar surface area (TPSA) is 46.3 Å². The smallest absolute Gasteiger partial charge is 0.257 e. The van der Waals surface area contributed by atoms with Crippen LogP contribution in [0.2, 0.25) is 5.02 Å². The Morgan fingerprint density at radius 1 is 1.44 bits per heavy atom. The van der Waals surface area contributed by atoms with Crippen LogP contribution in [0.1, 0.15) is 0 Å². The summed E-state index contributed by atoms with van der Waals surface area (Å²) in [4.78, 5) is 4.25. The van der Waals surface area contributed by atoms with Gasteiger partial charge in [0.05, 0.1) is 5.75 Å². The van der Waals surface area contributed by atoms with Crippen LogP contribution < -0.4 is 0 Å². The van der Waals surface area contributed by atoms with Gasteiger partial charge in [-0.15, -0.1) is 0 Å². The third kappa shape index (κ3) is 2.70. The number of benzene rings is 1. The Balaban J connectivity index is 2.13. The van der Waals surface area contributed by atoms with Crippen molar-refractivity contribution in [3.8, 4) is 11.8 Å². The first-order valence-corrected chi connectivity index (χ1v) is 5.91. The second kappa shape index (κ2) is 5.26. The number of aliphatic hydroxyl groups is 1. The average Bonchev–Trinajstić information content (AvgIpc) is 2.66. The Labute approximate surface area is 102 Å². The summed E-state index contributed by atoms with van der Waals surface area (Å²) in [5.74, 6) is 5.87. The van der Waals surface area contributed by atoms with Gasteiger partial charge in [0.2, 0.25) is 0 Å². The molecule has 5 heteroatoms. The predicted octanol–water partition coefficient (Wildman–Crippen LogP) is 2.57. The summed E-state index contributed by atoms with van der Waals surface area (Å²) in [7, 11) is 0. The maximum atomic E-state index is 8.47. The van der Waals surface area contributed by atoms with Crippen LogP contribution in [0.5, 0.6) is 0 Å². The Morgan fingerprint density at radius 2 is 2.31 bits per heavy atom. The third-order valence-electron chi connectivity index (χ3n) is 1.80. The highest BCUT2D eigenvalue weighted by molar-refractivity contribution is 7.99. The minimum atomic E-state index is -0.121. The number of oxazole rings is 1. The summed E-state index contributed by atoms with van der Waals surface area (Å²) < 4.78 is 5.47. The van der Waals surface area contributed by atoms with Crippen molar-refractivity contribution in [1.29, 1.82) is 0 Å². The van der Waals surface area contributed by atoms with Gasteiger partial charge >= 0.3 is 0 Å². The van der Waals surface area contributed by atoms with E-state index >= 15 is 0 Å². The van der Waals surface area contributed by atoms with Crippen molar-refractivity contribution >= 4 is 34.5 Å². The largest absolute Gasteiger partial charge is 0.431 e. The molecule has 1 aromatic heterocycles. The van der Waals surface area contributed by atoms with Gasteiger partial charge < -0.3 is 9.52 Å². The van der Waals surface area contributed by atoms with Gasteiger partial charge in [-0.2, -0.15) is 0 Å². The summed E-state index contributed by atoms with van der Waals surface area (Å²) in [6, 6.07) is 5.30. The summed E-state index contributed by atoms with van der Waals surface area (Å²) >= 11 is 7.22. The van der Waals surface area contributed by atoms with Crippen LogP contribution in [0.3, 0.4) is 0 Å². The number of hydrogen-bond acceptors (Lipinski definition) is 4. The minimum Gasteiger partial charge on any atom is -0.431 e. The summed E-state index contributed by atoms with van der Waals surface area (Å²) in [5.41, 5.74) is 1.45. The van der Waals surface area contributed by atoms with E-state index in [0.717, 1.165) is 5.52 Å². The third-order valence-corrected chi connectivity index (χ3v) is 2.75. The number of thioether (sulfide) groups is 1. The van der Waals surface area contributed by atoms with Crippen LogP contribution in [0.25, 0.3) is 11.1 Å². The van der Waals surface area contributed by atoms with E-state index in [-0.39, 0.29) is 6.61 Å². The van der Waals surface area contributed by atoms with E-state index in [4.69, 9.17) is 21.1 Å². The average molecular weight is 254 g/mol. The molecule has 0 aliphatic carbocycles. The normalized spacial score (nSPS) is 10.1. The Kier molecular flexibility index (Phi) is 3.73. The molecule has 0 radical (unpaired) electrons. The molecule has 0 saturated carbocycles. The fourth-order valence-electron chi connectivity index (χ4n) is 1.15. The molecule has 2 aromatic rings. The number of hydrogen-bond donors (Lipinski definition) is 1. The van der Waals surface area contributed by atoms with Crippen molar-refractivity contribution in [3.05, 3.63) is 23.2 Å². The van der Waals surface area contributed by atoms with E-state index in [1.54, 1.807) is 18.2 Å². The van der Waals surface area contributed by atoms with E-state index in [2.05, 4.69) is 16.8 Å². The Morgan fingerprint density at radius 3 is 3.12 bits per heavy atom. The standard InChI is InChI=1S/C11H8ClNO2S/c12-8-3-4-10-9(7-8)13-11(15-10)16-6-2-1-5-14/h3-4,7,14H,5-6H2. The highest BCUT2D eigenvalue weighted by atomic mass is 35.5. The molecule has 0 amide bonds. The van der Waals surface area contributed by atoms with Crippen LogP contribution in [0, 0.1) is 11.8 Å². The fraction of sp³-hybridized carbons (Fsp3) is 0.182. The molecule has 1 heterocycles. The van der Waals surface area contributed by atoms with Crippen molar-refractivity contribution in [2.75, 3.05) is 12.4 Å². The molecule has 0 bridgehead atoms. The lowest BCUT2D eigenvalue weighted by Gasteiger charge is -1.86. The number of rotatable bonds is 2. The van der Waals surface area contributed by atoms with Gasteiger partial charge in [0.25, 0.3) is 5.22 Å². The molecule has 0 fully saturated rings. The zero-order valence-electron chi connectivity index (χ0n) is 8.24. The number of fused-ring (bicyclic) bond motifs is 1. The lowest BCUT2D eigenvalue weighted by molar-refractivity contribution is 0.350. The van der Waals surface area contributed by atoms with Gasteiger partial charge in [-0.1, -0.05) is 35.2 Å². The quantitative estimate of drug-likeness (QED) is 0.660. The van der Waals surface area contributed by atoms with E-state index < -0.39 is 0 Å². The van der Waals surface area contributed by atoms with E-state index in [9.17, 15) is 0 Å². The number of aromatic nitrogens is 1. The maximum Gasteiger partial charge on any atom is 0.257 e. The lowest BCUT2D eigenvalue weighted by atomic mass is 10.3. The van der Waals surface area contributed by atoms with Crippen molar-refractivity contribution in [1.82, 2.24) is 4.98 Å². The zero-order chi connectivity index (χ0) is 11.4. The predicted molar refractivity (Wildman–Crippen MR) is 64.6 cm³/mol. The summed E-state index contributed by atoms with van der Waals surface area (Å²) in [6.07, 6.45) is 0. The second-order valence-electron chi connectivity index (χ2n) is 2.89. The van der Waals surface area contributed by atoms with Gasteiger partial charge in [-0.05, 0) is 18.2 Å². The van der Waals surface area contributed by atoms with Crippen molar-refractivity contribution in [2.24, 2.45) is 0 Å². The molecule has 1 aromatic carbocycles. The maximum absolute atomic E-state index is 8.47. The molecule has 0 spiro atoms. The molecule has 3 nitrogen and oxygen atoms in total. The van der Waals surface area contributed by atoms with Crippen LogP contribution >= 0.6 is 23.4 Å². The lowest BCUT2D eigenvalue weighted by Crippen LogP contribution is -1.76. The first kappa shape index (κ1) is 11.3. The number of nitrogens with zero attached hydrogens (tertiary/aromatic N) is 1. The molecule has 2 rings (SSSR count). The van der Waals surface area contributed by atoms with Crippen molar-refractivity contribution < 1.29 is 9.52 Å². The summed E-state index contributed by atoms with van der Waals surface area (Å²) in [6.45, 7) is -0.121. The molecule has 16 heavy (non-hydrogen) atoms. The SMILES string of the molecule is OCC#CCSc1nc2cc(Cl)ccc2o1. The molecular formula is C11H8ClNO2S. The highest BCUT2D eigenvalue weighted by Crippen LogP contribution is 2.25. The van der Waals surface area contributed by atoms with Crippen LogP contribution in [-0.4, -0.2) is 22.5 Å². The van der Waals surface area contributed by atoms with Gasteiger partial charge in [-0.25, -0.2) is 4.98 Å². The molecule has 0 saturated heterocycles. The molecule has 0 aliphatic rings. The molecular weight excluding hydrogens is 246 g/mol. The zero-order valence-corrected chi connectivity index (χ0v) is 9.81. The fourth-order valence-corrected chi connectivity index (χ4v) is 1.92. The summed E-state index contributed by atoms with van der Waals surface area (Å²) in [5, 5.41) is 9.67. The van der Waals surface area contributed by atoms with Gasteiger partial charge in [0.1, 0.15) is 12.1 Å². The molecule has 0 atom stereocenters. The van der Waals surface area contributed by atoms with E-state index in [1.807, 2.05) is 0 Å². The monoisotopic (exact) mass is 253 g/mol. The Hall–Kier alpha value is -1.15. The minimum absolute atomic E-state index is 0.121. The molecule has 1 N–H and O–H groups in total. The van der Waals surface area contributed by atoms with Crippen molar-refractivity contribution in [2.45, 2.75) is 5.22 Å². The van der Waals surface area contributed by atoms with Gasteiger partial charge in [0.15, 0.2) is 5.58 Å². The van der Waals surface area contributed by atoms with E-state index in [0.29, 0.717) is 21.6 Å². The molecule has 0 aliphatic heterocycles. The number of halogens is 1. The van der Waals surface area contributed by atoms with Gasteiger partial charge in [0, 0.05) is 5.02 Å². The molecule has 0 unspecified atom stereocenters. The van der Waals surface area contributed by atoms with Crippen LogP contribution in [0.15, 0.2) is 27.8 Å². The number of aliphatic hydroxyl groups excluding tert-OH is 1. The highest BCUT2D eigenvalue weighted by Gasteiger charge is 2.05. The first-order valence-electron chi connectivity index (χ1n) is 4.55. The first-order chi connectivity index (χ1) is 7.79. The van der Waals surface area contributed by atoms with Gasteiger partial charge in [-0.3, -0.25) is 0 Å². The second-order valence-corrected chi connectivity index (χ2v) is 4.26. The van der Waals surface area contributed by atoms with Crippen LogP contribution in [-0.2, 0) is 0 Å². The van der Waals surface area contributed by atoms with Crippen molar-refractivity contribution in [3.63, 3.8) is 0 Å². The van der Waals surface area contributed by atoms with Crippen LogP contribution in [0.4, 0.5) is 0 Å². The van der Waals surface area contributed by atoms with E-state index in [1.165, 1.54) is 11.8 Å².